The fraction of sp³-hybridized carbons (Fsp3) is 0.429. The van der Waals surface area contributed by atoms with Gasteiger partial charge in [-0.2, -0.15) is 14.5 Å². The van der Waals surface area contributed by atoms with Gasteiger partial charge in [0.15, 0.2) is 5.82 Å². The molecule has 168 valence electrons. The molecule has 11 heteroatoms. The molecule has 0 atom stereocenters. The minimum Gasteiger partial charge on any atom is -0.379 e. The van der Waals surface area contributed by atoms with Crippen LogP contribution in [0.3, 0.4) is 0 Å². The molecule has 1 fully saturated rings. The minimum absolute atomic E-state index is 0.556. The molecule has 1 aliphatic rings. The first kappa shape index (κ1) is 20.9. The van der Waals surface area contributed by atoms with Gasteiger partial charge in [-0.15, -0.1) is 0 Å². The van der Waals surface area contributed by atoms with Gasteiger partial charge in [-0.1, -0.05) is 0 Å². The zero-order valence-electron chi connectivity index (χ0n) is 18.3. The molecule has 0 aromatic carbocycles. The van der Waals surface area contributed by atoms with E-state index in [0.717, 1.165) is 79.0 Å². The number of rotatable bonds is 8. The molecular weight excluding hydrogens is 426 g/mol. The summed E-state index contributed by atoms with van der Waals surface area (Å²) >= 11 is 1.40. The maximum atomic E-state index is 5.44. The third-order valence-electron chi connectivity index (χ3n) is 5.41. The van der Waals surface area contributed by atoms with Crippen molar-refractivity contribution in [2.45, 2.75) is 13.3 Å². The first-order valence-electron chi connectivity index (χ1n) is 10.8. The maximum Gasteiger partial charge on any atom is 0.230 e. The van der Waals surface area contributed by atoms with Gasteiger partial charge in [0.05, 0.1) is 36.3 Å². The molecule has 0 saturated carbocycles. The zero-order valence-corrected chi connectivity index (χ0v) is 19.1. The summed E-state index contributed by atoms with van der Waals surface area (Å²) in [6.07, 6.45) is 6.85. The fourth-order valence-electron chi connectivity index (χ4n) is 3.84. The molecule has 2 N–H and O–H groups in total. The van der Waals surface area contributed by atoms with Crippen molar-refractivity contribution in [1.82, 2.24) is 33.6 Å². The summed E-state index contributed by atoms with van der Waals surface area (Å²) in [5.74, 6) is 1.36. The number of nitrogens with one attached hydrogen (secondary N) is 2. The van der Waals surface area contributed by atoms with Crippen LogP contribution < -0.4 is 10.6 Å². The van der Waals surface area contributed by atoms with Crippen LogP contribution in [0.15, 0.2) is 30.7 Å². The van der Waals surface area contributed by atoms with Gasteiger partial charge in [0.1, 0.15) is 10.5 Å². The highest BCUT2D eigenvalue weighted by Crippen LogP contribution is 2.28. The summed E-state index contributed by atoms with van der Waals surface area (Å²) in [7, 11) is 1.91. The maximum absolute atomic E-state index is 5.44. The number of aromatic nitrogens is 6. The molecule has 0 aliphatic carbocycles. The second-order valence-electron chi connectivity index (χ2n) is 7.88. The second-order valence-corrected chi connectivity index (χ2v) is 8.68. The van der Waals surface area contributed by atoms with Crippen LogP contribution in [0.4, 0.5) is 16.8 Å². The van der Waals surface area contributed by atoms with Gasteiger partial charge in [-0.25, -0.2) is 4.98 Å². The Morgan fingerprint density at radius 1 is 1.22 bits per heavy atom. The summed E-state index contributed by atoms with van der Waals surface area (Å²) in [6, 6.07) is 4.00. The van der Waals surface area contributed by atoms with E-state index in [0.29, 0.717) is 5.95 Å². The highest BCUT2D eigenvalue weighted by Gasteiger charge is 2.15. The van der Waals surface area contributed by atoms with E-state index >= 15 is 0 Å². The molecule has 5 heterocycles. The van der Waals surface area contributed by atoms with Crippen molar-refractivity contribution in [1.29, 1.82) is 0 Å². The Kier molecular flexibility index (Phi) is 6.02. The Bertz CT molecular complexity index is 1190. The molecule has 10 nitrogen and oxygen atoms in total. The second kappa shape index (κ2) is 9.23. The Hall–Kier alpha value is -3.02. The molecular formula is C21H27N9OS. The number of morpholine rings is 1. The van der Waals surface area contributed by atoms with E-state index in [-0.39, 0.29) is 0 Å². The topological polar surface area (TPSA) is 98.0 Å². The molecule has 1 saturated heterocycles. The lowest BCUT2D eigenvalue weighted by Gasteiger charge is -2.26. The summed E-state index contributed by atoms with van der Waals surface area (Å²) in [6.45, 7) is 7.49. The van der Waals surface area contributed by atoms with E-state index in [9.17, 15) is 0 Å². The first-order valence-corrected chi connectivity index (χ1v) is 11.6. The highest BCUT2D eigenvalue weighted by molar-refractivity contribution is 7.10. The molecule has 5 rings (SSSR count). The van der Waals surface area contributed by atoms with Gasteiger partial charge >= 0.3 is 0 Å². The van der Waals surface area contributed by atoms with Crippen LogP contribution >= 0.6 is 11.5 Å². The summed E-state index contributed by atoms with van der Waals surface area (Å²) in [5.41, 5.74) is 3.75. The number of fused-ring (bicyclic) bond motifs is 1. The van der Waals surface area contributed by atoms with Crippen molar-refractivity contribution in [3.8, 4) is 5.69 Å². The molecule has 0 bridgehead atoms. The molecule has 1 aliphatic heterocycles. The first-order chi connectivity index (χ1) is 15.7. The van der Waals surface area contributed by atoms with Crippen LogP contribution in [0.2, 0.25) is 0 Å². The van der Waals surface area contributed by atoms with Gasteiger partial charge in [-0.3, -0.25) is 9.58 Å². The standard InChI is InChI=1S/C21H27N9OS/c1-15-12-18(32-27-15)25-21-24-17-4-7-30(16-13-23-28(2)14-16)19(17)20(26-21)22-5-3-6-29-8-10-31-11-9-29/h4,7,12-14H,3,5-6,8-11H2,1-2H3,(H2,22,24,25,26). The van der Waals surface area contributed by atoms with Gasteiger partial charge in [-0.05, 0) is 43.6 Å². The number of nitrogens with zero attached hydrogens (tertiary/aromatic N) is 7. The molecule has 4 aromatic heterocycles. The Balaban J connectivity index is 1.40. The number of hydrogen-bond donors (Lipinski definition) is 2. The number of hydrogen-bond acceptors (Lipinski definition) is 9. The van der Waals surface area contributed by atoms with Crippen molar-refractivity contribution >= 4 is 39.3 Å². The van der Waals surface area contributed by atoms with Gasteiger partial charge < -0.3 is 19.9 Å². The summed E-state index contributed by atoms with van der Waals surface area (Å²) in [4.78, 5) is 12.0. The lowest BCUT2D eigenvalue weighted by molar-refractivity contribution is 0.0378. The summed E-state index contributed by atoms with van der Waals surface area (Å²) in [5, 5.41) is 12.1. The molecule has 4 aromatic rings. The quantitative estimate of drug-likeness (QED) is 0.393. The largest absolute Gasteiger partial charge is 0.379 e. The van der Waals surface area contributed by atoms with E-state index in [2.05, 4.69) is 29.6 Å². The third-order valence-corrected chi connectivity index (χ3v) is 6.21. The van der Waals surface area contributed by atoms with E-state index in [1.165, 1.54) is 11.5 Å². The zero-order chi connectivity index (χ0) is 21.9. The van der Waals surface area contributed by atoms with Crippen LogP contribution in [-0.4, -0.2) is 73.0 Å². The van der Waals surface area contributed by atoms with Crippen molar-refractivity contribution in [3.63, 3.8) is 0 Å². The molecule has 0 unspecified atom stereocenters. The Morgan fingerprint density at radius 3 is 2.84 bits per heavy atom. The number of aryl methyl sites for hydroxylation is 2. The lowest BCUT2D eigenvalue weighted by Crippen LogP contribution is -2.37. The number of ether oxygens (including phenoxy) is 1. The average Bonchev–Trinajstić information content (AvgIpc) is 3.52. The van der Waals surface area contributed by atoms with Crippen LogP contribution in [0.25, 0.3) is 16.7 Å². The number of anilines is 3. The molecule has 0 spiro atoms. The van der Waals surface area contributed by atoms with Crippen LogP contribution in [0.1, 0.15) is 12.1 Å². The van der Waals surface area contributed by atoms with Crippen LogP contribution in [0.5, 0.6) is 0 Å². The van der Waals surface area contributed by atoms with Crippen LogP contribution in [0, 0.1) is 6.92 Å². The average molecular weight is 454 g/mol. The smallest absolute Gasteiger partial charge is 0.230 e. The molecule has 0 amide bonds. The van der Waals surface area contributed by atoms with Gasteiger partial charge in [0.2, 0.25) is 5.95 Å². The lowest BCUT2D eigenvalue weighted by atomic mass is 10.3. The molecule has 32 heavy (non-hydrogen) atoms. The third kappa shape index (κ3) is 4.59. The van der Waals surface area contributed by atoms with Crippen molar-refractivity contribution in [3.05, 3.63) is 36.4 Å². The van der Waals surface area contributed by atoms with Crippen molar-refractivity contribution in [2.24, 2.45) is 7.05 Å². The van der Waals surface area contributed by atoms with E-state index in [4.69, 9.17) is 14.7 Å². The normalized spacial score (nSPS) is 14.8. The molecule has 0 radical (unpaired) electrons. The predicted octanol–water partition coefficient (Wildman–Crippen LogP) is 2.80. The van der Waals surface area contributed by atoms with E-state index < -0.39 is 0 Å². The Labute approximate surface area is 190 Å². The Morgan fingerprint density at radius 2 is 2.09 bits per heavy atom. The van der Waals surface area contributed by atoms with Crippen LogP contribution in [-0.2, 0) is 11.8 Å². The minimum atomic E-state index is 0.556. The fourth-order valence-corrected chi connectivity index (χ4v) is 4.49. The van der Waals surface area contributed by atoms with E-state index in [1.807, 2.05) is 44.7 Å². The highest BCUT2D eigenvalue weighted by atomic mass is 32.1. The van der Waals surface area contributed by atoms with Crippen molar-refractivity contribution in [2.75, 3.05) is 50.0 Å². The summed E-state index contributed by atoms with van der Waals surface area (Å²) < 4.78 is 13.6. The van der Waals surface area contributed by atoms with E-state index in [1.54, 1.807) is 4.68 Å². The predicted molar refractivity (Wildman–Crippen MR) is 126 cm³/mol. The monoisotopic (exact) mass is 453 g/mol. The van der Waals surface area contributed by atoms with Gasteiger partial charge in [0, 0.05) is 39.1 Å². The SMILES string of the molecule is Cc1cc(Nc2nc(NCCCN3CCOCC3)c3c(ccn3-c3cnn(C)c3)n2)sn1. The van der Waals surface area contributed by atoms with Crippen molar-refractivity contribution < 1.29 is 4.74 Å². The van der Waals surface area contributed by atoms with Gasteiger partial charge in [0.25, 0.3) is 0 Å².